The highest BCUT2D eigenvalue weighted by atomic mass is 79.9. The number of hydrogen-bond donors (Lipinski definition) is 3. The van der Waals surface area contributed by atoms with Crippen LogP contribution in [0.2, 0.25) is 0 Å². The molecule has 5 fully saturated rings. The number of carbonyl (C=O) groups is 2. The van der Waals surface area contributed by atoms with Crippen molar-refractivity contribution in [3.05, 3.63) is 34.4 Å². The number of aromatic nitrogens is 1. The van der Waals surface area contributed by atoms with Crippen LogP contribution in [0.3, 0.4) is 0 Å². The fraction of sp³-hybridized carbons (Fsp3) is 0.542. The lowest BCUT2D eigenvalue weighted by Gasteiger charge is -2.60. The Morgan fingerprint density at radius 2 is 1.87 bits per heavy atom. The summed E-state index contributed by atoms with van der Waals surface area (Å²) in [5.74, 6) is 1.76. The molecule has 3 N–H and O–H groups in total. The van der Waals surface area contributed by atoms with Crippen LogP contribution in [0.15, 0.2) is 28.9 Å². The van der Waals surface area contributed by atoms with Gasteiger partial charge in [-0.3, -0.25) is 9.78 Å². The number of fused-ring (bicyclic) bond motifs is 1. The molecule has 5 saturated carbocycles. The lowest BCUT2D eigenvalue weighted by molar-refractivity contribution is -0.0265. The van der Waals surface area contributed by atoms with Crippen LogP contribution in [-0.4, -0.2) is 33.5 Å². The third-order valence-corrected chi connectivity index (χ3v) is 8.49. The standard InChI is InChI=1S/C24H26BrN3O3/c25-16-3-4-19-17(7-16)21(18(11-26-19)22(29)13-1-2-13)27-20-14-5-12-6-15(20)10-24(8-12,9-14)28-23(30)31/h3-4,7,11-15,20,28H,1-2,5-6,8-10H2,(H,26,27)(H,30,31). The van der Waals surface area contributed by atoms with Crippen molar-refractivity contribution in [1.29, 1.82) is 0 Å². The number of amides is 1. The molecule has 4 bridgehead atoms. The molecule has 5 aliphatic rings. The lowest BCUT2D eigenvalue weighted by atomic mass is 9.51. The summed E-state index contributed by atoms with van der Waals surface area (Å²) in [5, 5.41) is 17.1. The van der Waals surface area contributed by atoms with Gasteiger partial charge in [-0.2, -0.15) is 0 Å². The maximum absolute atomic E-state index is 13.1. The first-order valence-corrected chi connectivity index (χ1v) is 12.1. The van der Waals surface area contributed by atoms with Crippen LogP contribution in [0, 0.1) is 23.7 Å². The summed E-state index contributed by atoms with van der Waals surface area (Å²) in [6, 6.07) is 6.28. The van der Waals surface area contributed by atoms with Gasteiger partial charge in [0.25, 0.3) is 0 Å². The second-order valence-corrected chi connectivity index (χ2v) is 11.1. The molecule has 0 spiro atoms. The number of carbonyl (C=O) groups excluding carboxylic acids is 1. The SMILES string of the molecule is O=C(O)NC12CC3CC(C1)C(Nc1c(C(=O)C4CC4)cnc4ccc(Br)cc14)C(C3)C2. The van der Waals surface area contributed by atoms with E-state index in [0.717, 1.165) is 66.0 Å². The second-order valence-electron chi connectivity index (χ2n) is 10.2. The Labute approximate surface area is 189 Å². The average molecular weight is 484 g/mol. The van der Waals surface area contributed by atoms with Crippen molar-refractivity contribution in [3.63, 3.8) is 0 Å². The number of Topliss-reactive ketones (excluding diaryl/α,β-unsaturated/α-hetero) is 1. The molecule has 6 nitrogen and oxygen atoms in total. The summed E-state index contributed by atoms with van der Waals surface area (Å²) in [6.45, 7) is 0. The zero-order chi connectivity index (χ0) is 21.3. The molecule has 1 amide bonds. The minimum atomic E-state index is -0.909. The number of carboxylic acid groups (broad SMARTS) is 1. The van der Waals surface area contributed by atoms with Crippen LogP contribution in [0.5, 0.6) is 0 Å². The Kier molecular flexibility index (Phi) is 4.36. The van der Waals surface area contributed by atoms with E-state index in [0.29, 0.717) is 23.3 Å². The Morgan fingerprint density at radius 3 is 2.55 bits per heavy atom. The van der Waals surface area contributed by atoms with Crippen molar-refractivity contribution in [1.82, 2.24) is 10.3 Å². The highest BCUT2D eigenvalue weighted by Gasteiger charge is 2.56. The van der Waals surface area contributed by atoms with Gasteiger partial charge in [0.1, 0.15) is 0 Å². The molecule has 1 aromatic carbocycles. The van der Waals surface area contributed by atoms with Crippen LogP contribution in [-0.2, 0) is 0 Å². The highest BCUT2D eigenvalue weighted by Crippen LogP contribution is 2.56. The van der Waals surface area contributed by atoms with Crippen LogP contribution >= 0.6 is 15.9 Å². The first-order chi connectivity index (χ1) is 14.9. The molecule has 2 unspecified atom stereocenters. The van der Waals surface area contributed by atoms with E-state index in [-0.39, 0.29) is 23.3 Å². The number of halogens is 1. The van der Waals surface area contributed by atoms with Crippen LogP contribution < -0.4 is 10.6 Å². The number of benzene rings is 1. The minimum Gasteiger partial charge on any atom is -0.465 e. The second kappa shape index (κ2) is 6.92. The summed E-state index contributed by atoms with van der Waals surface area (Å²) in [4.78, 5) is 29.1. The van der Waals surface area contributed by atoms with Crippen molar-refractivity contribution < 1.29 is 14.7 Å². The Bertz CT molecular complexity index is 1080. The molecule has 1 aromatic heterocycles. The molecule has 1 heterocycles. The molecule has 0 aliphatic heterocycles. The zero-order valence-electron chi connectivity index (χ0n) is 17.2. The average Bonchev–Trinajstić information content (AvgIpc) is 3.54. The van der Waals surface area contributed by atoms with Gasteiger partial charge in [-0.25, -0.2) is 4.79 Å². The third-order valence-electron chi connectivity index (χ3n) is 8.00. The van der Waals surface area contributed by atoms with Crippen LogP contribution in [0.25, 0.3) is 10.9 Å². The molecule has 0 radical (unpaired) electrons. The van der Waals surface area contributed by atoms with Gasteiger partial charge in [0, 0.05) is 33.6 Å². The zero-order valence-corrected chi connectivity index (χ0v) is 18.8. The fourth-order valence-corrected chi connectivity index (χ4v) is 7.24. The first-order valence-electron chi connectivity index (χ1n) is 11.3. The number of nitrogens with zero attached hydrogens (tertiary/aromatic N) is 1. The van der Waals surface area contributed by atoms with Gasteiger partial charge in [0.2, 0.25) is 0 Å². The van der Waals surface area contributed by atoms with E-state index in [1.807, 2.05) is 12.1 Å². The van der Waals surface area contributed by atoms with Gasteiger partial charge >= 0.3 is 6.09 Å². The van der Waals surface area contributed by atoms with E-state index < -0.39 is 6.09 Å². The third kappa shape index (κ3) is 3.32. The molecule has 0 saturated heterocycles. The van der Waals surface area contributed by atoms with Crippen molar-refractivity contribution in [2.75, 3.05) is 5.32 Å². The number of ketones is 1. The van der Waals surface area contributed by atoms with Gasteiger partial charge in [0.05, 0.1) is 16.8 Å². The first kappa shape index (κ1) is 19.5. The largest absolute Gasteiger partial charge is 0.465 e. The van der Waals surface area contributed by atoms with E-state index in [9.17, 15) is 14.7 Å². The predicted molar refractivity (Wildman–Crippen MR) is 121 cm³/mol. The topological polar surface area (TPSA) is 91.3 Å². The highest BCUT2D eigenvalue weighted by molar-refractivity contribution is 9.10. The van der Waals surface area contributed by atoms with Gasteiger partial charge < -0.3 is 15.7 Å². The molecule has 7 heteroatoms. The van der Waals surface area contributed by atoms with Crippen molar-refractivity contribution in [2.24, 2.45) is 23.7 Å². The molecule has 2 atom stereocenters. The number of anilines is 1. The molecule has 5 aliphatic carbocycles. The number of pyridine rings is 1. The van der Waals surface area contributed by atoms with Gasteiger partial charge in [-0.1, -0.05) is 15.9 Å². The summed E-state index contributed by atoms with van der Waals surface area (Å²) >= 11 is 3.58. The van der Waals surface area contributed by atoms with Gasteiger partial charge in [-0.05, 0) is 80.9 Å². The fourth-order valence-electron chi connectivity index (χ4n) is 6.88. The van der Waals surface area contributed by atoms with E-state index in [2.05, 4.69) is 37.6 Å². The van der Waals surface area contributed by atoms with E-state index >= 15 is 0 Å². The summed E-state index contributed by atoms with van der Waals surface area (Å²) in [5.41, 5.74) is 2.24. The lowest BCUT2D eigenvalue weighted by Crippen LogP contribution is -2.65. The van der Waals surface area contributed by atoms with E-state index in [1.54, 1.807) is 6.20 Å². The Morgan fingerprint density at radius 1 is 1.13 bits per heavy atom. The van der Waals surface area contributed by atoms with E-state index in [1.165, 1.54) is 0 Å². The predicted octanol–water partition coefficient (Wildman–Crippen LogP) is 5.22. The van der Waals surface area contributed by atoms with Crippen molar-refractivity contribution in [2.45, 2.75) is 56.5 Å². The monoisotopic (exact) mass is 483 g/mol. The quantitative estimate of drug-likeness (QED) is 0.507. The molecule has 7 rings (SSSR count). The number of hydrogen-bond acceptors (Lipinski definition) is 4. The molecule has 31 heavy (non-hydrogen) atoms. The molecule has 2 aromatic rings. The summed E-state index contributed by atoms with van der Waals surface area (Å²) < 4.78 is 0.968. The normalized spacial score (nSPS) is 33.5. The Balaban J connectivity index is 1.38. The number of nitrogens with one attached hydrogen (secondary N) is 2. The minimum absolute atomic E-state index is 0.133. The molecular weight excluding hydrogens is 458 g/mol. The maximum atomic E-state index is 13.1. The molecular formula is C24H26BrN3O3. The molecule has 162 valence electrons. The summed E-state index contributed by atoms with van der Waals surface area (Å²) in [7, 11) is 0. The van der Waals surface area contributed by atoms with Crippen molar-refractivity contribution >= 4 is 44.4 Å². The maximum Gasteiger partial charge on any atom is 0.405 e. The van der Waals surface area contributed by atoms with Gasteiger partial charge in [-0.15, -0.1) is 0 Å². The smallest absolute Gasteiger partial charge is 0.405 e. The number of rotatable bonds is 5. The van der Waals surface area contributed by atoms with Crippen LogP contribution in [0.1, 0.15) is 55.3 Å². The van der Waals surface area contributed by atoms with Crippen molar-refractivity contribution in [3.8, 4) is 0 Å². The van der Waals surface area contributed by atoms with Gasteiger partial charge in [0.15, 0.2) is 5.78 Å². The summed E-state index contributed by atoms with van der Waals surface area (Å²) in [6.07, 6.45) is 7.77. The van der Waals surface area contributed by atoms with E-state index in [4.69, 9.17) is 0 Å². The van der Waals surface area contributed by atoms with Crippen LogP contribution in [0.4, 0.5) is 10.5 Å². The Hall–Kier alpha value is -2.15.